The summed E-state index contributed by atoms with van der Waals surface area (Å²) in [6.45, 7) is 3.57. The van der Waals surface area contributed by atoms with Crippen molar-refractivity contribution < 1.29 is 28.3 Å². The minimum Gasteiger partial charge on any atom is -0.497 e. The first-order chi connectivity index (χ1) is 19.7. The van der Waals surface area contributed by atoms with Crippen molar-refractivity contribution in [2.75, 3.05) is 20.8 Å². The molecular formula is C29H25N3O8S. The third-order valence-electron chi connectivity index (χ3n) is 6.52. The number of nitro groups is 1. The number of thiazole rings is 1. The molecule has 0 spiro atoms. The molecule has 0 radical (unpaired) electrons. The van der Waals surface area contributed by atoms with Crippen LogP contribution >= 0.6 is 11.3 Å². The van der Waals surface area contributed by atoms with Gasteiger partial charge in [-0.1, -0.05) is 11.3 Å². The van der Waals surface area contributed by atoms with Crippen LogP contribution in [0.2, 0.25) is 0 Å². The molecular weight excluding hydrogens is 550 g/mol. The van der Waals surface area contributed by atoms with Crippen LogP contribution in [0.3, 0.4) is 0 Å². The first-order valence-electron chi connectivity index (χ1n) is 12.5. The van der Waals surface area contributed by atoms with E-state index in [-0.39, 0.29) is 23.4 Å². The molecule has 2 aromatic heterocycles. The Bertz CT molecular complexity index is 1860. The van der Waals surface area contributed by atoms with Crippen molar-refractivity contribution in [3.63, 3.8) is 0 Å². The van der Waals surface area contributed by atoms with Crippen LogP contribution in [0.5, 0.6) is 11.5 Å². The lowest BCUT2D eigenvalue weighted by atomic mass is 9.95. The van der Waals surface area contributed by atoms with E-state index in [1.807, 2.05) is 0 Å². The SMILES string of the molecule is CCOC(=O)C1=C(C)N=c2s/c(=C\c3ccc(-c4ccc([N+](=O)[O-])cc4)o3)c(=O)n2[C@H]1c1ccc(OC)cc1OC. The van der Waals surface area contributed by atoms with Gasteiger partial charge in [0.1, 0.15) is 29.1 Å². The summed E-state index contributed by atoms with van der Waals surface area (Å²) in [5.74, 6) is 1.30. The first kappa shape index (κ1) is 27.6. The van der Waals surface area contributed by atoms with Crippen LogP contribution < -0.4 is 24.4 Å². The minimum absolute atomic E-state index is 0.0258. The maximum Gasteiger partial charge on any atom is 0.338 e. The van der Waals surface area contributed by atoms with Crippen molar-refractivity contribution >= 4 is 29.1 Å². The second-order valence-electron chi connectivity index (χ2n) is 8.92. The smallest absolute Gasteiger partial charge is 0.338 e. The number of non-ortho nitro benzene ring substituents is 1. The van der Waals surface area contributed by atoms with Crippen LogP contribution in [0.1, 0.15) is 31.2 Å². The molecule has 0 N–H and O–H groups in total. The van der Waals surface area contributed by atoms with Crippen LogP contribution in [-0.4, -0.2) is 36.3 Å². The van der Waals surface area contributed by atoms with E-state index in [1.54, 1.807) is 62.4 Å². The zero-order chi connectivity index (χ0) is 29.3. The average molecular weight is 576 g/mol. The highest BCUT2D eigenvalue weighted by Gasteiger charge is 2.35. The number of nitrogens with zero attached hydrogens (tertiary/aromatic N) is 3. The van der Waals surface area contributed by atoms with E-state index in [1.165, 1.54) is 30.9 Å². The fourth-order valence-corrected chi connectivity index (χ4v) is 5.62. The standard InChI is InChI=1S/C29H25N3O8S/c1-5-39-28(34)25-16(2)30-29-31(26(25)21-12-10-19(37-3)14-23(21)38-4)27(33)24(41-29)15-20-11-13-22(40-20)17-6-8-18(9-7-17)32(35)36/h6-15,26H,5H2,1-4H3/b24-15-/t26-/m0/s1. The molecule has 210 valence electrons. The van der Waals surface area contributed by atoms with Crippen molar-refractivity contribution in [1.29, 1.82) is 0 Å². The Morgan fingerprint density at radius 2 is 1.90 bits per heavy atom. The van der Waals surface area contributed by atoms with E-state index in [0.717, 1.165) is 11.3 Å². The summed E-state index contributed by atoms with van der Waals surface area (Å²) in [5, 5.41) is 11.0. The van der Waals surface area contributed by atoms with Gasteiger partial charge in [-0.15, -0.1) is 0 Å². The number of fused-ring (bicyclic) bond motifs is 1. The van der Waals surface area contributed by atoms with Gasteiger partial charge in [-0.25, -0.2) is 9.79 Å². The molecule has 0 unspecified atom stereocenters. The van der Waals surface area contributed by atoms with E-state index < -0.39 is 16.9 Å². The molecule has 11 nitrogen and oxygen atoms in total. The number of nitro benzene ring substituents is 1. The van der Waals surface area contributed by atoms with Gasteiger partial charge >= 0.3 is 5.97 Å². The van der Waals surface area contributed by atoms with Gasteiger partial charge in [0.2, 0.25) is 0 Å². The highest BCUT2D eigenvalue weighted by atomic mass is 32.1. The number of esters is 1. The Kier molecular flexibility index (Phi) is 7.58. The molecule has 0 bridgehead atoms. The lowest BCUT2D eigenvalue weighted by Gasteiger charge is -2.26. The van der Waals surface area contributed by atoms with Crippen molar-refractivity contribution in [3.8, 4) is 22.8 Å². The molecule has 4 aromatic rings. The third kappa shape index (κ3) is 5.16. The van der Waals surface area contributed by atoms with Gasteiger partial charge in [0.15, 0.2) is 4.80 Å². The van der Waals surface area contributed by atoms with Crippen LogP contribution in [-0.2, 0) is 9.53 Å². The molecule has 1 aliphatic heterocycles. The second kappa shape index (κ2) is 11.3. The number of carbonyl (C=O) groups excluding carboxylic acids is 1. The summed E-state index contributed by atoms with van der Waals surface area (Å²) in [7, 11) is 3.04. The van der Waals surface area contributed by atoms with Gasteiger partial charge < -0.3 is 18.6 Å². The predicted molar refractivity (Wildman–Crippen MR) is 151 cm³/mol. The van der Waals surface area contributed by atoms with Gasteiger partial charge in [-0.05, 0) is 50.2 Å². The zero-order valence-electron chi connectivity index (χ0n) is 22.6. The Labute approximate surface area is 237 Å². The third-order valence-corrected chi connectivity index (χ3v) is 7.50. The molecule has 41 heavy (non-hydrogen) atoms. The summed E-state index contributed by atoms with van der Waals surface area (Å²) in [6.07, 6.45) is 1.60. The maximum absolute atomic E-state index is 13.9. The lowest BCUT2D eigenvalue weighted by Crippen LogP contribution is -2.40. The van der Waals surface area contributed by atoms with E-state index in [4.69, 9.17) is 18.6 Å². The largest absolute Gasteiger partial charge is 0.497 e. The lowest BCUT2D eigenvalue weighted by molar-refractivity contribution is -0.384. The molecule has 1 atom stereocenters. The van der Waals surface area contributed by atoms with E-state index in [0.29, 0.717) is 49.2 Å². The Morgan fingerprint density at radius 1 is 1.15 bits per heavy atom. The summed E-state index contributed by atoms with van der Waals surface area (Å²) < 4.78 is 24.0. The molecule has 0 saturated heterocycles. The Morgan fingerprint density at radius 3 is 2.56 bits per heavy atom. The Balaban J connectivity index is 1.63. The Hall–Kier alpha value is -4.97. The van der Waals surface area contributed by atoms with Gasteiger partial charge in [-0.2, -0.15) is 0 Å². The normalized spacial score (nSPS) is 14.8. The zero-order valence-corrected chi connectivity index (χ0v) is 23.4. The molecule has 1 aliphatic rings. The molecule has 0 amide bonds. The monoisotopic (exact) mass is 575 g/mol. The predicted octanol–water partition coefficient (Wildman–Crippen LogP) is 3.98. The van der Waals surface area contributed by atoms with Crippen LogP contribution in [0.4, 0.5) is 5.69 Å². The van der Waals surface area contributed by atoms with Crippen molar-refractivity contribution in [2.45, 2.75) is 19.9 Å². The van der Waals surface area contributed by atoms with E-state index in [2.05, 4.69) is 4.99 Å². The van der Waals surface area contributed by atoms with Crippen molar-refractivity contribution in [1.82, 2.24) is 4.57 Å². The number of hydrogen-bond donors (Lipinski definition) is 0. The van der Waals surface area contributed by atoms with Crippen LogP contribution in [0, 0.1) is 10.1 Å². The summed E-state index contributed by atoms with van der Waals surface area (Å²) in [4.78, 5) is 42.5. The van der Waals surface area contributed by atoms with Gasteiger partial charge in [0.25, 0.3) is 11.2 Å². The summed E-state index contributed by atoms with van der Waals surface area (Å²) >= 11 is 1.16. The fraction of sp³-hybridized carbons (Fsp3) is 0.207. The van der Waals surface area contributed by atoms with Crippen molar-refractivity contribution in [2.24, 2.45) is 4.99 Å². The highest BCUT2D eigenvalue weighted by Crippen LogP contribution is 2.37. The van der Waals surface area contributed by atoms with E-state index >= 15 is 0 Å². The maximum atomic E-state index is 13.9. The first-order valence-corrected chi connectivity index (χ1v) is 13.3. The molecule has 12 heteroatoms. The number of hydrogen-bond acceptors (Lipinski definition) is 10. The number of aromatic nitrogens is 1. The van der Waals surface area contributed by atoms with Gasteiger partial charge in [0.05, 0.1) is 41.6 Å². The molecule has 0 fully saturated rings. The topological polar surface area (TPSA) is 135 Å². The summed E-state index contributed by atoms with van der Waals surface area (Å²) in [6, 6.07) is 13.7. The van der Waals surface area contributed by atoms with E-state index in [9.17, 15) is 19.7 Å². The highest BCUT2D eigenvalue weighted by molar-refractivity contribution is 7.07. The average Bonchev–Trinajstić information content (AvgIpc) is 3.56. The number of furan rings is 1. The van der Waals surface area contributed by atoms with Gasteiger partial charge in [0, 0.05) is 35.4 Å². The molecule has 3 heterocycles. The molecule has 0 saturated carbocycles. The number of ether oxygens (including phenoxy) is 3. The summed E-state index contributed by atoms with van der Waals surface area (Å²) in [5.41, 5.74) is 1.47. The number of allylic oxidation sites excluding steroid dienone is 1. The second-order valence-corrected chi connectivity index (χ2v) is 9.93. The molecule has 0 aliphatic carbocycles. The van der Waals surface area contributed by atoms with Gasteiger partial charge in [-0.3, -0.25) is 19.5 Å². The molecule has 5 rings (SSSR count). The minimum atomic E-state index is -0.861. The number of methoxy groups -OCH3 is 2. The molecule has 2 aromatic carbocycles. The number of carbonyl (C=O) groups is 1. The van der Waals surface area contributed by atoms with Crippen molar-refractivity contribution in [3.05, 3.63) is 107 Å². The number of benzene rings is 2. The fourth-order valence-electron chi connectivity index (χ4n) is 4.59. The van der Waals surface area contributed by atoms with Crippen LogP contribution in [0.15, 0.2) is 80.1 Å². The number of rotatable bonds is 8. The van der Waals surface area contributed by atoms with Crippen LogP contribution in [0.25, 0.3) is 17.4 Å². The quantitative estimate of drug-likeness (QED) is 0.175.